The van der Waals surface area contributed by atoms with Crippen LogP contribution in [-0.4, -0.2) is 65.6 Å². The molecule has 2 fully saturated rings. The average Bonchev–Trinajstić information content (AvgIpc) is 3.07. The van der Waals surface area contributed by atoms with Gasteiger partial charge in [0.2, 0.25) is 0 Å². The number of hydrogen-bond acceptors (Lipinski definition) is 5. The maximum Gasteiger partial charge on any atom is 0.490 e. The van der Waals surface area contributed by atoms with Gasteiger partial charge in [-0.1, -0.05) is 12.1 Å². The third-order valence-corrected chi connectivity index (χ3v) is 4.74. The Kier molecular flexibility index (Phi) is 8.40. The molecule has 3 atom stereocenters. The van der Waals surface area contributed by atoms with Crippen LogP contribution in [0, 0.1) is 5.92 Å². The largest absolute Gasteiger partial charge is 0.490 e. The summed E-state index contributed by atoms with van der Waals surface area (Å²) in [4.78, 5) is 15.9. The number of aliphatic carboxylic acids is 1. The second-order valence-corrected chi connectivity index (χ2v) is 6.66. The van der Waals surface area contributed by atoms with Crippen LogP contribution in [0.1, 0.15) is 18.5 Å². The molecule has 1 aliphatic carbocycles. The molecule has 3 unspecified atom stereocenters. The molecule has 3 rings (SSSR count). The highest BCUT2D eigenvalue weighted by atomic mass is 19.4. The molecule has 28 heavy (non-hydrogen) atoms. The van der Waals surface area contributed by atoms with Crippen LogP contribution in [0.3, 0.4) is 0 Å². The molecule has 0 bridgehead atoms. The first kappa shape index (κ1) is 22.3. The molecule has 6 nitrogen and oxygen atoms in total. The molecule has 1 aromatic rings. The van der Waals surface area contributed by atoms with Gasteiger partial charge in [-0.3, -0.25) is 9.88 Å². The molecule has 0 amide bonds. The second kappa shape index (κ2) is 10.5. The van der Waals surface area contributed by atoms with Crippen molar-refractivity contribution in [3.63, 3.8) is 0 Å². The van der Waals surface area contributed by atoms with Crippen LogP contribution >= 0.6 is 0 Å². The number of carbonyl (C=O) groups is 1. The van der Waals surface area contributed by atoms with E-state index in [1.807, 2.05) is 18.3 Å². The number of carboxylic acids is 1. The summed E-state index contributed by atoms with van der Waals surface area (Å²) in [5, 5.41) is 7.12. The van der Waals surface area contributed by atoms with E-state index in [1.54, 1.807) is 0 Å². The van der Waals surface area contributed by atoms with Gasteiger partial charge in [0, 0.05) is 31.2 Å². The minimum absolute atomic E-state index is 0.312. The quantitative estimate of drug-likeness (QED) is 0.583. The molecule has 156 valence electrons. The van der Waals surface area contributed by atoms with E-state index in [4.69, 9.17) is 19.4 Å². The SMILES string of the molecule is C=CCOCC1CCC2C1OCCN2Cc1ccccn1.O=C(O)C(F)(F)F. The summed E-state index contributed by atoms with van der Waals surface area (Å²) in [6.45, 7) is 7.84. The molecule has 1 N–H and O–H groups in total. The Hall–Kier alpha value is -1.97. The Morgan fingerprint density at radius 2 is 2.18 bits per heavy atom. The van der Waals surface area contributed by atoms with Crippen LogP contribution in [0.25, 0.3) is 0 Å². The molecular formula is C19H25F3N2O4. The van der Waals surface area contributed by atoms with Crippen LogP contribution in [0.15, 0.2) is 37.1 Å². The van der Waals surface area contributed by atoms with Gasteiger partial charge >= 0.3 is 12.1 Å². The number of carboxylic acid groups (broad SMARTS) is 1. The smallest absolute Gasteiger partial charge is 0.475 e. The predicted molar refractivity (Wildman–Crippen MR) is 95.6 cm³/mol. The first-order valence-electron chi connectivity index (χ1n) is 9.07. The van der Waals surface area contributed by atoms with Crippen LogP contribution in [0.2, 0.25) is 0 Å². The molecule has 0 spiro atoms. The van der Waals surface area contributed by atoms with E-state index in [1.165, 1.54) is 12.8 Å². The number of nitrogens with zero attached hydrogens (tertiary/aromatic N) is 2. The van der Waals surface area contributed by atoms with Crippen molar-refractivity contribution in [2.75, 3.05) is 26.4 Å². The normalized spacial score (nSPS) is 24.8. The Bertz CT molecular complexity index is 627. The molecule has 0 radical (unpaired) electrons. The zero-order valence-electron chi connectivity index (χ0n) is 15.5. The molecule has 1 aromatic heterocycles. The van der Waals surface area contributed by atoms with E-state index in [-0.39, 0.29) is 0 Å². The molecule has 0 aromatic carbocycles. The molecule has 9 heteroatoms. The highest BCUT2D eigenvalue weighted by Gasteiger charge is 2.42. The van der Waals surface area contributed by atoms with Crippen LogP contribution in [0.5, 0.6) is 0 Å². The lowest BCUT2D eigenvalue weighted by Crippen LogP contribution is -2.50. The highest BCUT2D eigenvalue weighted by molar-refractivity contribution is 5.73. The minimum Gasteiger partial charge on any atom is -0.475 e. The summed E-state index contributed by atoms with van der Waals surface area (Å²) in [6, 6.07) is 6.64. The van der Waals surface area contributed by atoms with Crippen LogP contribution < -0.4 is 0 Å². The van der Waals surface area contributed by atoms with Gasteiger partial charge in [-0.15, -0.1) is 6.58 Å². The Morgan fingerprint density at radius 3 is 2.79 bits per heavy atom. The van der Waals surface area contributed by atoms with Crippen molar-refractivity contribution < 1.29 is 32.5 Å². The lowest BCUT2D eigenvalue weighted by atomic mass is 10.0. The van der Waals surface area contributed by atoms with E-state index in [0.717, 1.165) is 32.0 Å². The summed E-state index contributed by atoms with van der Waals surface area (Å²) in [5.74, 6) is -2.24. The molecular weight excluding hydrogens is 377 g/mol. The van der Waals surface area contributed by atoms with Gasteiger partial charge in [-0.05, 0) is 25.0 Å². The summed E-state index contributed by atoms with van der Waals surface area (Å²) in [5.41, 5.74) is 1.14. The van der Waals surface area contributed by atoms with Gasteiger partial charge in [0.25, 0.3) is 0 Å². The fourth-order valence-electron chi connectivity index (χ4n) is 3.51. The topological polar surface area (TPSA) is 71.9 Å². The number of halogens is 3. The number of rotatable bonds is 6. The van der Waals surface area contributed by atoms with E-state index in [9.17, 15) is 13.2 Å². The van der Waals surface area contributed by atoms with E-state index in [2.05, 4.69) is 28.6 Å². The maximum atomic E-state index is 10.6. The molecule has 2 aliphatic rings. The Balaban J connectivity index is 0.000000345. The van der Waals surface area contributed by atoms with E-state index < -0.39 is 12.1 Å². The lowest BCUT2D eigenvalue weighted by molar-refractivity contribution is -0.192. The van der Waals surface area contributed by atoms with Crippen molar-refractivity contribution in [3.05, 3.63) is 42.7 Å². The number of hydrogen-bond donors (Lipinski definition) is 1. The first-order valence-corrected chi connectivity index (χ1v) is 9.07. The van der Waals surface area contributed by atoms with Crippen molar-refractivity contribution in [2.45, 2.75) is 37.7 Å². The predicted octanol–water partition coefficient (Wildman–Crippen LogP) is 2.90. The van der Waals surface area contributed by atoms with E-state index >= 15 is 0 Å². The number of alkyl halides is 3. The molecule has 2 heterocycles. The maximum absolute atomic E-state index is 10.6. The van der Waals surface area contributed by atoms with Crippen molar-refractivity contribution in [2.24, 2.45) is 5.92 Å². The summed E-state index contributed by atoms with van der Waals surface area (Å²) in [6.07, 6.45) is 1.28. The lowest BCUT2D eigenvalue weighted by Gasteiger charge is -2.39. The van der Waals surface area contributed by atoms with Crippen molar-refractivity contribution in [3.8, 4) is 0 Å². The number of pyridine rings is 1. The standard InChI is InChI=1S/C17H24N2O2.C2HF3O2/c1-2-10-20-13-14-6-7-16-17(14)21-11-9-19(16)12-15-5-3-4-8-18-15;3-2(4,5)1(6)7/h2-5,8,14,16-17H,1,6-7,9-13H2;(H,6,7). The molecule has 1 aliphatic heterocycles. The average molecular weight is 402 g/mol. The summed E-state index contributed by atoms with van der Waals surface area (Å²) in [7, 11) is 0. The van der Waals surface area contributed by atoms with Gasteiger partial charge in [0.05, 0.1) is 31.6 Å². The monoisotopic (exact) mass is 402 g/mol. The molecule has 1 saturated heterocycles. The zero-order chi connectivity index (χ0) is 20.6. The number of aromatic nitrogens is 1. The van der Waals surface area contributed by atoms with Crippen LogP contribution in [-0.2, 0) is 20.8 Å². The van der Waals surface area contributed by atoms with Crippen molar-refractivity contribution in [1.82, 2.24) is 9.88 Å². The second-order valence-electron chi connectivity index (χ2n) is 6.66. The molecule has 1 saturated carbocycles. The van der Waals surface area contributed by atoms with E-state index in [0.29, 0.717) is 24.7 Å². The number of ether oxygens (including phenoxy) is 2. The van der Waals surface area contributed by atoms with Gasteiger partial charge in [-0.25, -0.2) is 4.79 Å². The minimum atomic E-state index is -5.08. The van der Waals surface area contributed by atoms with Gasteiger partial charge in [-0.2, -0.15) is 13.2 Å². The number of fused-ring (bicyclic) bond motifs is 1. The number of morpholine rings is 1. The first-order chi connectivity index (χ1) is 13.3. The fraction of sp³-hybridized carbons (Fsp3) is 0.579. The third kappa shape index (κ3) is 6.57. The zero-order valence-corrected chi connectivity index (χ0v) is 15.5. The van der Waals surface area contributed by atoms with Crippen LogP contribution in [0.4, 0.5) is 13.2 Å². The Labute approximate surface area is 162 Å². The summed E-state index contributed by atoms with van der Waals surface area (Å²) < 4.78 is 43.4. The third-order valence-electron chi connectivity index (χ3n) is 4.74. The van der Waals surface area contributed by atoms with Gasteiger partial charge < -0.3 is 14.6 Å². The highest BCUT2D eigenvalue weighted by Crippen LogP contribution is 2.35. The van der Waals surface area contributed by atoms with Crippen molar-refractivity contribution in [1.29, 1.82) is 0 Å². The fourth-order valence-corrected chi connectivity index (χ4v) is 3.51. The Morgan fingerprint density at radius 1 is 1.43 bits per heavy atom. The van der Waals surface area contributed by atoms with Gasteiger partial charge in [0.15, 0.2) is 0 Å². The van der Waals surface area contributed by atoms with Crippen molar-refractivity contribution >= 4 is 5.97 Å². The summed E-state index contributed by atoms with van der Waals surface area (Å²) >= 11 is 0. The van der Waals surface area contributed by atoms with Gasteiger partial charge in [0.1, 0.15) is 0 Å².